The molecule has 0 saturated carbocycles. The second kappa shape index (κ2) is 3.94. The summed E-state index contributed by atoms with van der Waals surface area (Å²) in [6, 6.07) is 4.71. The van der Waals surface area contributed by atoms with Gasteiger partial charge in [-0.3, -0.25) is 9.19 Å². The lowest BCUT2D eigenvalue weighted by atomic mass is 10.2. The predicted octanol–water partition coefficient (Wildman–Crippen LogP) is 1.07. The normalized spacial score (nSPS) is 12.9. The predicted molar refractivity (Wildman–Crippen MR) is 58.0 cm³/mol. The van der Waals surface area contributed by atoms with E-state index in [4.69, 9.17) is 4.42 Å². The SMILES string of the molecule is CS(=O)Cc1cc(=O)oc2cccnc12. The Hall–Kier alpha value is -1.49. The molecule has 0 bridgehead atoms. The number of hydrogen-bond donors (Lipinski definition) is 0. The van der Waals surface area contributed by atoms with Crippen molar-refractivity contribution >= 4 is 21.9 Å². The summed E-state index contributed by atoms with van der Waals surface area (Å²) >= 11 is 0. The standard InChI is InChI=1S/C10H9NO3S/c1-15(13)6-7-5-9(12)14-8-3-2-4-11-10(7)8/h2-5H,6H2,1H3. The molecule has 0 radical (unpaired) electrons. The van der Waals surface area contributed by atoms with Crippen LogP contribution >= 0.6 is 0 Å². The molecule has 2 rings (SSSR count). The zero-order valence-electron chi connectivity index (χ0n) is 8.10. The first-order chi connectivity index (χ1) is 7.16. The first-order valence-electron chi connectivity index (χ1n) is 4.34. The van der Waals surface area contributed by atoms with Gasteiger partial charge in [-0.05, 0) is 12.1 Å². The highest BCUT2D eigenvalue weighted by Gasteiger charge is 2.07. The third kappa shape index (κ3) is 2.12. The minimum Gasteiger partial charge on any atom is -0.421 e. The number of hydrogen-bond acceptors (Lipinski definition) is 4. The van der Waals surface area contributed by atoms with Gasteiger partial charge in [-0.25, -0.2) is 4.79 Å². The van der Waals surface area contributed by atoms with E-state index < -0.39 is 16.4 Å². The Morgan fingerprint density at radius 1 is 1.53 bits per heavy atom. The monoisotopic (exact) mass is 223 g/mol. The maximum atomic E-state index is 11.2. The van der Waals surface area contributed by atoms with Gasteiger partial charge in [0.05, 0.1) is 5.75 Å². The molecule has 5 heteroatoms. The van der Waals surface area contributed by atoms with Crippen LogP contribution in [0, 0.1) is 0 Å². The van der Waals surface area contributed by atoms with Crippen LogP contribution in [0.4, 0.5) is 0 Å². The van der Waals surface area contributed by atoms with Gasteiger partial charge in [0.25, 0.3) is 0 Å². The Morgan fingerprint density at radius 2 is 2.33 bits per heavy atom. The quantitative estimate of drug-likeness (QED) is 0.764. The van der Waals surface area contributed by atoms with Crippen molar-refractivity contribution < 1.29 is 8.63 Å². The van der Waals surface area contributed by atoms with E-state index in [2.05, 4.69) is 4.98 Å². The molecule has 0 aromatic carbocycles. The molecule has 2 aromatic heterocycles. The summed E-state index contributed by atoms with van der Waals surface area (Å²) in [6.07, 6.45) is 3.20. The minimum atomic E-state index is -1.00. The lowest BCUT2D eigenvalue weighted by Crippen LogP contribution is -2.03. The average Bonchev–Trinajstić information content (AvgIpc) is 2.16. The number of pyridine rings is 1. The average molecular weight is 223 g/mol. The van der Waals surface area contributed by atoms with Crippen molar-refractivity contribution in [3.8, 4) is 0 Å². The van der Waals surface area contributed by atoms with E-state index in [-0.39, 0.29) is 0 Å². The van der Waals surface area contributed by atoms with Crippen LogP contribution in [0.15, 0.2) is 33.6 Å². The molecule has 0 aliphatic heterocycles. The fourth-order valence-corrected chi connectivity index (χ4v) is 2.05. The fraction of sp³-hybridized carbons (Fsp3) is 0.200. The molecule has 78 valence electrons. The van der Waals surface area contributed by atoms with Crippen LogP contribution in [0.25, 0.3) is 11.1 Å². The fourth-order valence-electron chi connectivity index (χ4n) is 1.39. The van der Waals surface area contributed by atoms with Gasteiger partial charge < -0.3 is 4.42 Å². The van der Waals surface area contributed by atoms with Gasteiger partial charge in [0.2, 0.25) is 0 Å². The lowest BCUT2D eigenvalue weighted by molar-refractivity contribution is 0.558. The number of rotatable bonds is 2. The molecule has 0 spiro atoms. The molecule has 15 heavy (non-hydrogen) atoms. The molecule has 1 unspecified atom stereocenters. The second-order valence-electron chi connectivity index (χ2n) is 3.16. The highest BCUT2D eigenvalue weighted by atomic mass is 32.2. The zero-order chi connectivity index (χ0) is 10.8. The van der Waals surface area contributed by atoms with Crippen LogP contribution in [0.2, 0.25) is 0 Å². The van der Waals surface area contributed by atoms with Gasteiger partial charge in [-0.2, -0.15) is 0 Å². The summed E-state index contributed by atoms with van der Waals surface area (Å²) in [5.74, 6) is 0.319. The van der Waals surface area contributed by atoms with Gasteiger partial charge in [0, 0.05) is 34.9 Å². The Bertz CT molecular complexity index is 576. The van der Waals surface area contributed by atoms with Crippen LogP contribution in [-0.4, -0.2) is 15.4 Å². The second-order valence-corrected chi connectivity index (χ2v) is 4.59. The Balaban J connectivity index is 2.71. The first-order valence-corrected chi connectivity index (χ1v) is 6.07. The first kappa shape index (κ1) is 10.0. The zero-order valence-corrected chi connectivity index (χ0v) is 8.91. The van der Waals surface area contributed by atoms with E-state index >= 15 is 0 Å². The molecular formula is C10H9NO3S. The van der Waals surface area contributed by atoms with Gasteiger partial charge >= 0.3 is 5.63 Å². The van der Waals surface area contributed by atoms with Crippen LogP contribution < -0.4 is 5.63 Å². The van der Waals surface area contributed by atoms with Crippen molar-refractivity contribution in [2.45, 2.75) is 5.75 Å². The summed E-state index contributed by atoms with van der Waals surface area (Å²) in [4.78, 5) is 15.3. The highest BCUT2D eigenvalue weighted by Crippen LogP contribution is 2.14. The summed E-state index contributed by atoms with van der Waals surface area (Å²) in [5.41, 5.74) is 1.27. The third-order valence-corrected chi connectivity index (χ3v) is 2.65. The van der Waals surface area contributed by atoms with Crippen LogP contribution in [0.3, 0.4) is 0 Å². The van der Waals surface area contributed by atoms with Crippen molar-refractivity contribution in [1.82, 2.24) is 4.98 Å². The van der Waals surface area contributed by atoms with Crippen molar-refractivity contribution in [3.63, 3.8) is 0 Å². The molecule has 0 amide bonds. The molecule has 0 fully saturated rings. The van der Waals surface area contributed by atoms with Crippen molar-refractivity contribution in [3.05, 3.63) is 40.4 Å². The molecule has 0 saturated heterocycles. The maximum absolute atomic E-state index is 11.2. The van der Waals surface area contributed by atoms with Crippen molar-refractivity contribution in [1.29, 1.82) is 0 Å². The molecule has 4 nitrogen and oxygen atoms in total. The minimum absolute atomic E-state index is 0.319. The lowest BCUT2D eigenvalue weighted by Gasteiger charge is -2.01. The molecule has 2 aromatic rings. The van der Waals surface area contributed by atoms with E-state index in [1.165, 1.54) is 6.07 Å². The van der Waals surface area contributed by atoms with Crippen LogP contribution in [0.5, 0.6) is 0 Å². The number of aromatic nitrogens is 1. The van der Waals surface area contributed by atoms with Gasteiger partial charge in [-0.15, -0.1) is 0 Å². The third-order valence-electron chi connectivity index (χ3n) is 1.94. The molecule has 0 aliphatic carbocycles. The summed E-state index contributed by atoms with van der Waals surface area (Å²) in [6.45, 7) is 0. The topological polar surface area (TPSA) is 60.2 Å². The van der Waals surface area contributed by atoms with E-state index in [1.54, 1.807) is 24.6 Å². The number of fused-ring (bicyclic) bond motifs is 1. The molecular weight excluding hydrogens is 214 g/mol. The van der Waals surface area contributed by atoms with Gasteiger partial charge in [0.15, 0.2) is 5.58 Å². The molecule has 2 heterocycles. The molecule has 0 aliphatic rings. The highest BCUT2D eigenvalue weighted by molar-refractivity contribution is 7.83. The summed E-state index contributed by atoms with van der Waals surface area (Å²) in [5, 5.41) is 0. The van der Waals surface area contributed by atoms with E-state index in [0.717, 1.165) is 0 Å². The smallest absolute Gasteiger partial charge is 0.336 e. The van der Waals surface area contributed by atoms with Crippen molar-refractivity contribution in [2.75, 3.05) is 6.26 Å². The largest absolute Gasteiger partial charge is 0.421 e. The van der Waals surface area contributed by atoms with E-state index in [9.17, 15) is 9.00 Å². The summed E-state index contributed by atoms with van der Waals surface area (Å²) < 4.78 is 16.1. The van der Waals surface area contributed by atoms with Crippen LogP contribution in [0.1, 0.15) is 5.56 Å². The Morgan fingerprint density at radius 3 is 3.07 bits per heavy atom. The molecule has 1 atom stereocenters. The van der Waals surface area contributed by atoms with E-state index in [1.807, 2.05) is 0 Å². The van der Waals surface area contributed by atoms with E-state index in [0.29, 0.717) is 22.4 Å². The number of nitrogens with zero attached hydrogens (tertiary/aromatic N) is 1. The Kier molecular flexibility index (Phi) is 2.64. The van der Waals surface area contributed by atoms with Gasteiger partial charge in [0.1, 0.15) is 5.52 Å². The molecule has 0 N–H and O–H groups in total. The van der Waals surface area contributed by atoms with Crippen molar-refractivity contribution in [2.24, 2.45) is 0 Å². The maximum Gasteiger partial charge on any atom is 0.336 e. The Labute approximate surface area is 88.4 Å². The summed E-state index contributed by atoms with van der Waals surface area (Å²) in [7, 11) is -1.00. The van der Waals surface area contributed by atoms with Gasteiger partial charge in [-0.1, -0.05) is 0 Å². The van der Waals surface area contributed by atoms with Crippen LogP contribution in [-0.2, 0) is 16.6 Å².